The van der Waals surface area contributed by atoms with E-state index in [1.807, 2.05) is 57.2 Å². The fourth-order valence-corrected chi connectivity index (χ4v) is 4.38. The van der Waals surface area contributed by atoms with Crippen LogP contribution in [0.5, 0.6) is 5.75 Å². The van der Waals surface area contributed by atoms with Crippen LogP contribution in [0.3, 0.4) is 0 Å². The van der Waals surface area contributed by atoms with Crippen molar-refractivity contribution in [3.05, 3.63) is 53.9 Å². The molecule has 1 aliphatic rings. The first-order valence-electron chi connectivity index (χ1n) is 12.6. The molecule has 3 aromatic rings. The monoisotopic (exact) mass is 492 g/mol. The SMILES string of the molecule is CNC(=O)c1[nH]c(C(C)(C)C)cc1NC(=O)Nc1ccc(OCCC2CCCCO2)c2ccccc12. The van der Waals surface area contributed by atoms with Gasteiger partial charge >= 0.3 is 6.03 Å². The quantitative estimate of drug-likeness (QED) is 0.334. The van der Waals surface area contributed by atoms with E-state index in [4.69, 9.17) is 9.47 Å². The van der Waals surface area contributed by atoms with Gasteiger partial charge in [0.15, 0.2) is 0 Å². The molecule has 8 nitrogen and oxygen atoms in total. The second-order valence-electron chi connectivity index (χ2n) is 10.2. The van der Waals surface area contributed by atoms with Gasteiger partial charge in [-0.15, -0.1) is 0 Å². The maximum atomic E-state index is 13.0. The van der Waals surface area contributed by atoms with E-state index in [1.54, 1.807) is 13.1 Å². The normalized spacial score (nSPS) is 15.9. The van der Waals surface area contributed by atoms with Gasteiger partial charge in [-0.2, -0.15) is 0 Å². The van der Waals surface area contributed by atoms with Crippen molar-refractivity contribution < 1.29 is 19.1 Å². The number of hydrogen-bond acceptors (Lipinski definition) is 4. The Morgan fingerprint density at radius 1 is 1.06 bits per heavy atom. The van der Waals surface area contributed by atoms with Crippen LogP contribution in [0.2, 0.25) is 0 Å². The Hall–Kier alpha value is -3.52. The number of aromatic amines is 1. The minimum atomic E-state index is -0.437. The van der Waals surface area contributed by atoms with Crippen molar-refractivity contribution in [2.45, 2.75) is 58.0 Å². The van der Waals surface area contributed by atoms with Gasteiger partial charge in [0.2, 0.25) is 0 Å². The summed E-state index contributed by atoms with van der Waals surface area (Å²) in [6.45, 7) is 7.52. The fraction of sp³-hybridized carbons (Fsp3) is 0.429. The number of anilines is 2. The Kier molecular flexibility index (Phi) is 7.84. The molecule has 1 fully saturated rings. The molecule has 1 saturated heterocycles. The summed E-state index contributed by atoms with van der Waals surface area (Å²) in [5.41, 5.74) is 2.02. The minimum Gasteiger partial charge on any atom is -0.493 e. The number of hydrogen-bond donors (Lipinski definition) is 4. The van der Waals surface area contributed by atoms with Crippen LogP contribution in [-0.2, 0) is 10.2 Å². The number of amides is 3. The maximum Gasteiger partial charge on any atom is 0.323 e. The van der Waals surface area contributed by atoms with Gasteiger partial charge < -0.3 is 30.4 Å². The number of nitrogens with one attached hydrogen (secondary N) is 4. The molecule has 1 aromatic heterocycles. The highest BCUT2D eigenvalue weighted by molar-refractivity contribution is 6.09. The molecular weight excluding hydrogens is 456 g/mol. The third kappa shape index (κ3) is 5.99. The Labute approximate surface area is 212 Å². The number of benzene rings is 2. The van der Waals surface area contributed by atoms with Crippen LogP contribution in [0.1, 0.15) is 62.6 Å². The Balaban J connectivity index is 1.48. The van der Waals surface area contributed by atoms with Crippen molar-refractivity contribution >= 4 is 34.1 Å². The highest BCUT2D eigenvalue weighted by Gasteiger charge is 2.23. The number of ether oxygens (including phenoxy) is 2. The molecule has 0 radical (unpaired) electrons. The third-order valence-corrected chi connectivity index (χ3v) is 6.43. The standard InChI is InChI=1S/C28H36N4O4/c1-28(2,3)24-17-22(25(32-24)26(33)29-4)31-27(34)30-21-12-13-23(20-11-6-5-10-19(20)21)36-16-14-18-9-7-8-15-35-18/h5-6,10-13,17-18,32H,7-9,14-16H2,1-4H3,(H,29,33)(H2,30,31,34). The molecule has 192 valence electrons. The third-order valence-electron chi connectivity index (χ3n) is 6.43. The van der Waals surface area contributed by atoms with Crippen molar-refractivity contribution in [3.63, 3.8) is 0 Å². The number of aromatic nitrogens is 1. The van der Waals surface area contributed by atoms with Crippen LogP contribution in [0.15, 0.2) is 42.5 Å². The van der Waals surface area contributed by atoms with Crippen LogP contribution in [0, 0.1) is 0 Å². The molecule has 4 rings (SSSR count). The average molecular weight is 493 g/mol. The number of rotatable bonds is 7. The summed E-state index contributed by atoms with van der Waals surface area (Å²) in [6.07, 6.45) is 4.56. The molecule has 0 spiro atoms. The summed E-state index contributed by atoms with van der Waals surface area (Å²) in [6, 6.07) is 12.9. The molecule has 0 saturated carbocycles. The number of urea groups is 1. The van der Waals surface area contributed by atoms with Gasteiger partial charge in [0, 0.05) is 42.0 Å². The molecule has 1 unspecified atom stereocenters. The molecule has 2 heterocycles. The van der Waals surface area contributed by atoms with Crippen molar-refractivity contribution in [3.8, 4) is 5.75 Å². The number of carbonyl (C=O) groups excluding carboxylic acids is 2. The molecule has 8 heteroatoms. The highest BCUT2D eigenvalue weighted by atomic mass is 16.5. The highest BCUT2D eigenvalue weighted by Crippen LogP contribution is 2.33. The van der Waals surface area contributed by atoms with Gasteiger partial charge in [0.25, 0.3) is 5.91 Å². The average Bonchev–Trinajstić information content (AvgIpc) is 3.29. The lowest BCUT2D eigenvalue weighted by molar-refractivity contribution is 0.00414. The van der Waals surface area contributed by atoms with Crippen molar-refractivity contribution in [1.29, 1.82) is 0 Å². The summed E-state index contributed by atoms with van der Waals surface area (Å²) >= 11 is 0. The van der Waals surface area contributed by atoms with E-state index in [0.29, 0.717) is 23.7 Å². The van der Waals surface area contributed by atoms with Crippen LogP contribution in [0.4, 0.5) is 16.2 Å². The van der Waals surface area contributed by atoms with Crippen LogP contribution in [0.25, 0.3) is 10.8 Å². The molecule has 36 heavy (non-hydrogen) atoms. The Bertz CT molecular complexity index is 1220. The summed E-state index contributed by atoms with van der Waals surface area (Å²) in [4.78, 5) is 28.5. The van der Waals surface area contributed by atoms with Crippen LogP contribution in [-0.4, -0.2) is 43.3 Å². The lowest BCUT2D eigenvalue weighted by atomic mass is 9.92. The zero-order valence-electron chi connectivity index (χ0n) is 21.5. The lowest BCUT2D eigenvalue weighted by Crippen LogP contribution is -2.24. The first-order valence-corrected chi connectivity index (χ1v) is 12.6. The summed E-state index contributed by atoms with van der Waals surface area (Å²) in [7, 11) is 1.56. The molecule has 1 atom stereocenters. The topological polar surface area (TPSA) is 104 Å². The van der Waals surface area contributed by atoms with Gasteiger partial charge in [-0.1, -0.05) is 45.0 Å². The van der Waals surface area contributed by atoms with E-state index >= 15 is 0 Å². The van der Waals surface area contributed by atoms with Crippen molar-refractivity contribution in [1.82, 2.24) is 10.3 Å². The smallest absolute Gasteiger partial charge is 0.323 e. The maximum absolute atomic E-state index is 13.0. The Morgan fingerprint density at radius 2 is 1.81 bits per heavy atom. The number of H-pyrrole nitrogens is 1. The van der Waals surface area contributed by atoms with E-state index in [0.717, 1.165) is 48.1 Å². The van der Waals surface area contributed by atoms with E-state index in [2.05, 4.69) is 20.9 Å². The minimum absolute atomic E-state index is 0.214. The lowest BCUT2D eigenvalue weighted by Gasteiger charge is -2.22. The van der Waals surface area contributed by atoms with E-state index in [9.17, 15) is 9.59 Å². The molecule has 2 aromatic carbocycles. The molecular formula is C28H36N4O4. The van der Waals surface area contributed by atoms with Gasteiger partial charge in [0.1, 0.15) is 11.4 Å². The molecule has 0 bridgehead atoms. The van der Waals surface area contributed by atoms with Gasteiger partial charge in [-0.05, 0) is 37.5 Å². The molecule has 1 aliphatic heterocycles. The fourth-order valence-electron chi connectivity index (χ4n) is 4.38. The van der Waals surface area contributed by atoms with E-state index in [-0.39, 0.29) is 17.4 Å². The molecule has 0 aliphatic carbocycles. The van der Waals surface area contributed by atoms with Crippen LogP contribution >= 0.6 is 0 Å². The number of carbonyl (C=O) groups is 2. The zero-order chi connectivity index (χ0) is 25.7. The first kappa shape index (κ1) is 25.6. The second kappa shape index (κ2) is 11.0. The predicted molar refractivity (Wildman–Crippen MR) is 143 cm³/mol. The van der Waals surface area contributed by atoms with Gasteiger partial charge in [-0.3, -0.25) is 4.79 Å². The zero-order valence-corrected chi connectivity index (χ0v) is 21.5. The second-order valence-corrected chi connectivity index (χ2v) is 10.2. The first-order chi connectivity index (χ1) is 17.3. The molecule has 4 N–H and O–H groups in total. The summed E-state index contributed by atoms with van der Waals surface area (Å²) in [5.74, 6) is 0.473. The van der Waals surface area contributed by atoms with Crippen molar-refractivity contribution in [2.24, 2.45) is 0 Å². The summed E-state index contributed by atoms with van der Waals surface area (Å²) < 4.78 is 11.9. The van der Waals surface area contributed by atoms with Gasteiger partial charge in [0.05, 0.1) is 24.1 Å². The Morgan fingerprint density at radius 3 is 2.50 bits per heavy atom. The molecule has 3 amide bonds. The predicted octanol–water partition coefficient (Wildman–Crippen LogP) is 5.81. The largest absolute Gasteiger partial charge is 0.493 e. The number of fused-ring (bicyclic) bond motifs is 1. The van der Waals surface area contributed by atoms with E-state index < -0.39 is 6.03 Å². The van der Waals surface area contributed by atoms with E-state index in [1.165, 1.54) is 6.42 Å². The van der Waals surface area contributed by atoms with Crippen LogP contribution < -0.4 is 20.7 Å². The van der Waals surface area contributed by atoms with Crippen molar-refractivity contribution in [2.75, 3.05) is 30.9 Å². The van der Waals surface area contributed by atoms with Gasteiger partial charge in [-0.25, -0.2) is 4.79 Å². The summed E-state index contributed by atoms with van der Waals surface area (Å²) in [5, 5.41) is 10.2.